The van der Waals surface area contributed by atoms with Crippen LogP contribution in [0, 0.1) is 6.92 Å². The minimum absolute atomic E-state index is 0.0768. The Bertz CT molecular complexity index is 1040. The van der Waals surface area contributed by atoms with Crippen molar-refractivity contribution in [2.24, 2.45) is 0 Å². The maximum absolute atomic E-state index is 13.1. The van der Waals surface area contributed by atoms with E-state index in [1.807, 2.05) is 31.2 Å². The number of aryl methyl sites for hydroxylation is 1. The fraction of sp³-hybridized carbons (Fsp3) is 0.385. The van der Waals surface area contributed by atoms with Crippen LogP contribution < -0.4 is 4.74 Å². The molecule has 1 fully saturated rings. The summed E-state index contributed by atoms with van der Waals surface area (Å²) in [6, 6.07) is 11.8. The van der Waals surface area contributed by atoms with E-state index in [1.54, 1.807) is 17.0 Å². The zero-order chi connectivity index (χ0) is 24.1. The molecule has 6 nitrogen and oxygen atoms in total. The number of hydrogen-bond donors (Lipinski definition) is 1. The highest BCUT2D eigenvalue weighted by molar-refractivity contribution is 6.46. The van der Waals surface area contributed by atoms with E-state index in [1.165, 1.54) is 13.2 Å². The number of carbonyl (C=O) groups excluding carboxylic acids is 2. The Morgan fingerprint density at radius 2 is 1.79 bits per heavy atom. The van der Waals surface area contributed by atoms with Crippen LogP contribution in [0.1, 0.15) is 43.0 Å². The third-order valence-electron chi connectivity index (χ3n) is 6.13. The van der Waals surface area contributed by atoms with E-state index in [-0.39, 0.29) is 11.3 Å². The first-order valence-electron chi connectivity index (χ1n) is 11.2. The molecule has 0 spiro atoms. The molecule has 0 aliphatic carbocycles. The lowest BCUT2D eigenvalue weighted by Gasteiger charge is -2.27. The molecule has 176 valence electrons. The SMILES string of the molecule is CCN(CC)CCCN1C(=O)C(=O)/C(=C(\O)c2ccc(OC)c(Cl)c2)C1c1ccc(C)cc1. The molecule has 1 atom stereocenters. The molecule has 0 radical (unpaired) electrons. The van der Waals surface area contributed by atoms with Crippen LogP contribution in [-0.4, -0.2) is 59.9 Å². The van der Waals surface area contributed by atoms with Gasteiger partial charge in [-0.25, -0.2) is 0 Å². The monoisotopic (exact) mass is 470 g/mol. The Hall–Kier alpha value is -2.83. The van der Waals surface area contributed by atoms with E-state index in [2.05, 4.69) is 18.7 Å². The number of methoxy groups -OCH3 is 1. The zero-order valence-electron chi connectivity index (χ0n) is 19.6. The van der Waals surface area contributed by atoms with Crippen molar-refractivity contribution in [2.45, 2.75) is 33.2 Å². The number of nitrogens with zero attached hydrogens (tertiary/aromatic N) is 2. The predicted molar refractivity (Wildman–Crippen MR) is 131 cm³/mol. The average molecular weight is 471 g/mol. The molecule has 1 aliphatic rings. The molecule has 1 saturated heterocycles. The van der Waals surface area contributed by atoms with Gasteiger partial charge in [0.05, 0.1) is 23.7 Å². The predicted octanol–water partition coefficient (Wildman–Crippen LogP) is 4.81. The van der Waals surface area contributed by atoms with Crippen LogP contribution in [0.4, 0.5) is 0 Å². The number of amides is 1. The Labute approximate surface area is 200 Å². The van der Waals surface area contributed by atoms with Crippen molar-refractivity contribution in [1.82, 2.24) is 9.80 Å². The largest absolute Gasteiger partial charge is 0.507 e. The summed E-state index contributed by atoms with van der Waals surface area (Å²) in [6.45, 7) is 9.27. The minimum atomic E-state index is -0.687. The first kappa shape index (κ1) is 24.8. The van der Waals surface area contributed by atoms with Crippen molar-refractivity contribution in [3.05, 3.63) is 69.8 Å². The van der Waals surface area contributed by atoms with Crippen LogP contribution in [0.25, 0.3) is 5.76 Å². The molecular formula is C26H31ClN2O4. The number of aliphatic hydroxyl groups is 1. The topological polar surface area (TPSA) is 70.1 Å². The van der Waals surface area contributed by atoms with Crippen LogP contribution in [0.15, 0.2) is 48.0 Å². The van der Waals surface area contributed by atoms with Crippen LogP contribution in [-0.2, 0) is 9.59 Å². The van der Waals surface area contributed by atoms with Gasteiger partial charge in [-0.1, -0.05) is 55.3 Å². The van der Waals surface area contributed by atoms with Crippen molar-refractivity contribution < 1.29 is 19.4 Å². The summed E-state index contributed by atoms with van der Waals surface area (Å²) in [5.41, 5.74) is 2.29. The Morgan fingerprint density at radius 1 is 1.12 bits per heavy atom. The maximum atomic E-state index is 13.1. The first-order valence-corrected chi connectivity index (χ1v) is 11.6. The maximum Gasteiger partial charge on any atom is 0.295 e. The molecule has 1 aliphatic heterocycles. The van der Waals surface area contributed by atoms with Crippen molar-refractivity contribution in [3.63, 3.8) is 0 Å². The highest BCUT2D eigenvalue weighted by Gasteiger charge is 2.45. The number of aliphatic hydroxyl groups excluding tert-OH is 1. The van der Waals surface area contributed by atoms with Crippen LogP contribution >= 0.6 is 11.6 Å². The van der Waals surface area contributed by atoms with Gasteiger partial charge in [0.15, 0.2) is 0 Å². The molecule has 2 aromatic rings. The normalized spacial score (nSPS) is 17.8. The van der Waals surface area contributed by atoms with E-state index in [9.17, 15) is 14.7 Å². The molecule has 0 aromatic heterocycles. The van der Waals surface area contributed by atoms with Crippen LogP contribution in [0.5, 0.6) is 5.75 Å². The van der Waals surface area contributed by atoms with Gasteiger partial charge in [-0.2, -0.15) is 0 Å². The number of ketones is 1. The van der Waals surface area contributed by atoms with Crippen LogP contribution in [0.2, 0.25) is 5.02 Å². The number of carbonyl (C=O) groups is 2. The summed E-state index contributed by atoms with van der Waals surface area (Å²) >= 11 is 6.24. The Balaban J connectivity index is 2.04. The summed E-state index contributed by atoms with van der Waals surface area (Å²) < 4.78 is 5.18. The average Bonchev–Trinajstić information content (AvgIpc) is 3.06. The molecule has 1 N–H and O–H groups in total. The molecule has 0 bridgehead atoms. The van der Waals surface area contributed by atoms with Crippen molar-refractivity contribution in [1.29, 1.82) is 0 Å². The Kier molecular flexibility index (Phi) is 8.16. The smallest absolute Gasteiger partial charge is 0.295 e. The highest BCUT2D eigenvalue weighted by Crippen LogP contribution is 2.40. The van der Waals surface area contributed by atoms with Gasteiger partial charge in [0.2, 0.25) is 0 Å². The number of ether oxygens (including phenoxy) is 1. The zero-order valence-corrected chi connectivity index (χ0v) is 20.4. The third-order valence-corrected chi connectivity index (χ3v) is 6.42. The van der Waals surface area contributed by atoms with Crippen molar-refractivity contribution in [3.8, 4) is 5.75 Å². The number of rotatable bonds is 9. The van der Waals surface area contributed by atoms with Gasteiger partial charge >= 0.3 is 0 Å². The lowest BCUT2D eigenvalue weighted by molar-refractivity contribution is -0.140. The summed E-state index contributed by atoms with van der Waals surface area (Å²) in [4.78, 5) is 30.0. The van der Waals surface area contributed by atoms with E-state index in [4.69, 9.17) is 16.3 Å². The fourth-order valence-electron chi connectivity index (χ4n) is 4.18. The number of hydrogen-bond acceptors (Lipinski definition) is 5. The van der Waals surface area contributed by atoms with Gasteiger partial charge in [0.25, 0.3) is 11.7 Å². The minimum Gasteiger partial charge on any atom is -0.507 e. The van der Waals surface area contributed by atoms with Gasteiger partial charge < -0.3 is 19.6 Å². The standard InChI is InChI=1S/C26H31ClN2O4/c1-5-28(6-2)14-7-15-29-23(18-10-8-17(3)9-11-18)22(25(31)26(29)32)24(30)19-12-13-21(33-4)20(27)16-19/h8-13,16,23,30H,5-7,14-15H2,1-4H3/b24-22-. The second-order valence-corrected chi connectivity index (χ2v) is 8.54. The van der Waals surface area contributed by atoms with Crippen LogP contribution in [0.3, 0.4) is 0 Å². The molecule has 1 heterocycles. The lowest BCUT2D eigenvalue weighted by Crippen LogP contribution is -2.33. The summed E-state index contributed by atoms with van der Waals surface area (Å²) in [5, 5.41) is 11.5. The third kappa shape index (κ3) is 5.23. The second-order valence-electron chi connectivity index (χ2n) is 8.13. The fourth-order valence-corrected chi connectivity index (χ4v) is 4.44. The lowest BCUT2D eigenvalue weighted by atomic mass is 9.94. The van der Waals surface area contributed by atoms with Gasteiger partial charge in [-0.15, -0.1) is 0 Å². The molecule has 2 aromatic carbocycles. The summed E-state index contributed by atoms with van der Waals surface area (Å²) in [5.74, 6) is -1.07. The van der Waals surface area contributed by atoms with Gasteiger partial charge in [0, 0.05) is 12.1 Å². The number of halogens is 1. The molecule has 3 rings (SSSR count). The van der Waals surface area contributed by atoms with E-state index in [0.29, 0.717) is 22.9 Å². The number of likely N-dealkylation sites (tertiary alicyclic amines) is 1. The number of Topliss-reactive ketones (excluding diaryl/α,β-unsaturated/α-hetero) is 1. The Morgan fingerprint density at radius 3 is 2.36 bits per heavy atom. The van der Waals surface area contributed by atoms with E-state index in [0.717, 1.165) is 37.2 Å². The summed E-state index contributed by atoms with van der Waals surface area (Å²) in [6.07, 6.45) is 0.728. The first-order chi connectivity index (χ1) is 15.8. The van der Waals surface area contributed by atoms with Gasteiger partial charge in [-0.3, -0.25) is 9.59 Å². The highest BCUT2D eigenvalue weighted by atomic mass is 35.5. The molecular weight excluding hydrogens is 440 g/mol. The van der Waals surface area contributed by atoms with Crippen molar-refractivity contribution >= 4 is 29.1 Å². The summed E-state index contributed by atoms with van der Waals surface area (Å²) in [7, 11) is 1.50. The molecule has 7 heteroatoms. The van der Waals surface area contributed by atoms with E-state index < -0.39 is 17.7 Å². The van der Waals surface area contributed by atoms with E-state index >= 15 is 0 Å². The number of benzene rings is 2. The second kappa shape index (κ2) is 10.9. The quantitative estimate of drug-likeness (QED) is 0.323. The van der Waals surface area contributed by atoms with Gasteiger partial charge in [-0.05, 0) is 56.7 Å². The molecule has 1 unspecified atom stereocenters. The molecule has 0 saturated carbocycles. The molecule has 1 amide bonds. The van der Waals surface area contributed by atoms with Gasteiger partial charge in [0.1, 0.15) is 11.5 Å². The van der Waals surface area contributed by atoms with Crippen molar-refractivity contribution in [2.75, 3.05) is 33.3 Å². The molecule has 33 heavy (non-hydrogen) atoms.